The minimum Gasteiger partial charge on any atom is -0.543 e. The van der Waals surface area contributed by atoms with Crippen LogP contribution in [0.15, 0.2) is 0 Å². The minimum atomic E-state index is 0.889. The van der Waals surface area contributed by atoms with E-state index in [9.17, 15) is 0 Å². The summed E-state index contributed by atoms with van der Waals surface area (Å²) in [5.41, 5.74) is 0. The van der Waals surface area contributed by atoms with Crippen LogP contribution in [0.4, 0.5) is 0 Å². The van der Waals surface area contributed by atoms with Gasteiger partial charge in [0.25, 0.3) is 0 Å². The summed E-state index contributed by atoms with van der Waals surface area (Å²) in [5.74, 6) is 0. The fraction of sp³-hybridized carbons (Fsp3) is 0.750. The van der Waals surface area contributed by atoms with Crippen LogP contribution in [0.25, 0.3) is 0 Å². The molecule has 1 fully saturated rings. The second-order valence-corrected chi connectivity index (χ2v) is 1.35. The van der Waals surface area contributed by atoms with Crippen LogP contribution in [0.2, 0.25) is 0 Å². The molecule has 0 aromatic heterocycles. The van der Waals surface area contributed by atoms with E-state index in [0.29, 0.717) is 0 Å². The fourth-order valence-corrected chi connectivity index (χ4v) is 0.489. The van der Waals surface area contributed by atoms with Crippen molar-refractivity contribution in [2.75, 3.05) is 19.7 Å². The first-order valence-electron chi connectivity index (χ1n) is 2.25. The molecule has 1 saturated heterocycles. The van der Waals surface area contributed by atoms with Gasteiger partial charge in [0.15, 0.2) is 0 Å². The van der Waals surface area contributed by atoms with Gasteiger partial charge in [-0.1, -0.05) is 0 Å². The topological polar surface area (TPSA) is 25.8 Å². The van der Waals surface area contributed by atoms with Gasteiger partial charge in [-0.05, 0) is 6.54 Å². The summed E-state index contributed by atoms with van der Waals surface area (Å²) in [6.45, 7) is 4.88. The first-order valence-corrected chi connectivity index (χ1v) is 2.25. The highest BCUT2D eigenvalue weighted by Crippen LogP contribution is 1.76. The zero-order valence-electron chi connectivity index (χ0n) is 3.68. The van der Waals surface area contributed by atoms with Crippen LogP contribution in [0.1, 0.15) is 0 Å². The number of quaternary nitrogens is 1. The molecule has 36 valence electrons. The molecule has 2 heteroatoms. The molecule has 1 aliphatic heterocycles. The van der Waals surface area contributed by atoms with Crippen molar-refractivity contribution in [1.29, 1.82) is 0 Å². The van der Waals surface area contributed by atoms with Crippen molar-refractivity contribution in [3.05, 3.63) is 6.61 Å². The zero-order valence-corrected chi connectivity index (χ0v) is 3.68. The van der Waals surface area contributed by atoms with E-state index >= 15 is 0 Å². The maximum absolute atomic E-state index is 4.91. The van der Waals surface area contributed by atoms with Crippen LogP contribution in [0, 0.1) is 6.61 Å². The average molecular weight is 87.1 g/mol. The predicted octanol–water partition coefficient (Wildman–Crippen LogP) is -1.26. The average Bonchev–Trinajstić information content (AvgIpc) is 1.72. The Hall–Kier alpha value is -0.0800. The number of ether oxygens (including phenoxy) is 1. The van der Waals surface area contributed by atoms with Crippen molar-refractivity contribution in [3.8, 4) is 0 Å². The van der Waals surface area contributed by atoms with E-state index in [0.717, 1.165) is 19.7 Å². The molecule has 6 heavy (non-hydrogen) atoms. The highest BCUT2D eigenvalue weighted by atomic mass is 16.5. The van der Waals surface area contributed by atoms with Gasteiger partial charge < -0.3 is 10.1 Å². The highest BCUT2D eigenvalue weighted by Gasteiger charge is 1.87. The lowest BCUT2D eigenvalue weighted by atomic mass is 10.5. The third kappa shape index (κ3) is 0.954. The Morgan fingerprint density at radius 2 is 2.67 bits per heavy atom. The van der Waals surface area contributed by atoms with E-state index < -0.39 is 0 Å². The Bertz CT molecular complexity index is 23.0. The van der Waals surface area contributed by atoms with Gasteiger partial charge in [0.2, 0.25) is 0 Å². The summed E-state index contributed by atoms with van der Waals surface area (Å²) < 4.78 is 4.91. The minimum absolute atomic E-state index is 0.889. The number of hydrogen-bond donors (Lipinski definition) is 1. The van der Waals surface area contributed by atoms with Crippen molar-refractivity contribution in [2.24, 2.45) is 0 Å². The third-order valence-corrected chi connectivity index (χ3v) is 0.821. The molecule has 2 N–H and O–H groups in total. The normalized spacial score (nSPS) is 24.0. The quantitative estimate of drug-likeness (QED) is 0.367. The monoisotopic (exact) mass is 87.1 g/mol. The number of rotatable bonds is 0. The van der Waals surface area contributed by atoms with Gasteiger partial charge in [0.1, 0.15) is 0 Å². The third-order valence-electron chi connectivity index (χ3n) is 0.821. The highest BCUT2D eigenvalue weighted by molar-refractivity contribution is 4.46. The molecule has 0 spiro atoms. The smallest absolute Gasteiger partial charge is 0.0944 e. The molecular formula is C4H9NO. The largest absolute Gasteiger partial charge is 0.543 e. The first-order chi connectivity index (χ1) is 3.00. The molecule has 0 aromatic rings. The van der Waals surface area contributed by atoms with Crippen LogP contribution in [-0.2, 0) is 4.74 Å². The molecule has 0 atom stereocenters. The van der Waals surface area contributed by atoms with E-state index in [-0.39, 0.29) is 0 Å². The van der Waals surface area contributed by atoms with Crippen LogP contribution in [-0.4, -0.2) is 19.7 Å². The summed E-state index contributed by atoms with van der Waals surface area (Å²) in [6, 6.07) is 0. The number of hydrogen-bond acceptors (Lipinski definition) is 1. The molecule has 2 nitrogen and oxygen atoms in total. The van der Waals surface area contributed by atoms with Gasteiger partial charge in [-0.15, -0.1) is 0 Å². The van der Waals surface area contributed by atoms with Crippen molar-refractivity contribution < 1.29 is 10.1 Å². The van der Waals surface area contributed by atoms with Gasteiger partial charge in [-0.3, -0.25) is 0 Å². The Morgan fingerprint density at radius 1 is 1.67 bits per heavy atom. The molecule has 0 unspecified atom stereocenters. The molecule has 0 radical (unpaired) electrons. The van der Waals surface area contributed by atoms with Gasteiger partial charge >= 0.3 is 0 Å². The Balaban J connectivity index is 2.00. The van der Waals surface area contributed by atoms with E-state index in [1.54, 1.807) is 0 Å². The van der Waals surface area contributed by atoms with E-state index in [2.05, 4.69) is 5.32 Å². The van der Waals surface area contributed by atoms with Crippen LogP contribution in [0.3, 0.4) is 0 Å². The maximum Gasteiger partial charge on any atom is 0.0944 e. The van der Waals surface area contributed by atoms with Crippen molar-refractivity contribution in [1.82, 2.24) is 0 Å². The van der Waals surface area contributed by atoms with E-state index in [1.165, 1.54) is 0 Å². The second-order valence-electron chi connectivity index (χ2n) is 1.35. The lowest BCUT2D eigenvalue weighted by Gasteiger charge is -2.18. The second kappa shape index (κ2) is 2.16. The van der Waals surface area contributed by atoms with Crippen molar-refractivity contribution in [3.63, 3.8) is 0 Å². The van der Waals surface area contributed by atoms with Crippen LogP contribution < -0.4 is 5.32 Å². The van der Waals surface area contributed by atoms with E-state index in [1.807, 2.05) is 6.61 Å². The lowest BCUT2D eigenvalue weighted by molar-refractivity contribution is -0.663. The van der Waals surface area contributed by atoms with Gasteiger partial charge in [0.05, 0.1) is 13.2 Å². The summed E-state index contributed by atoms with van der Waals surface area (Å²) >= 11 is 0. The predicted molar refractivity (Wildman–Crippen MR) is 21.9 cm³/mol. The van der Waals surface area contributed by atoms with Crippen LogP contribution in [0.5, 0.6) is 0 Å². The molecule has 0 amide bonds. The fourth-order valence-electron chi connectivity index (χ4n) is 0.489. The Labute approximate surface area is 37.5 Å². The molecule has 1 aliphatic rings. The SMILES string of the molecule is [CH-]1C[NH2+]CCO1. The Morgan fingerprint density at radius 3 is 2.83 bits per heavy atom. The first kappa shape index (κ1) is 4.09. The summed E-state index contributed by atoms with van der Waals surface area (Å²) in [6.07, 6.45) is 0. The standard InChI is InChI=1S/C4H8NO/c1-3-6-4-2-5-1/h3,5H,1-2,4H2/q-1/p+1. The van der Waals surface area contributed by atoms with E-state index in [4.69, 9.17) is 4.74 Å². The number of morpholine rings is 1. The van der Waals surface area contributed by atoms with Gasteiger partial charge in [0, 0.05) is 0 Å². The van der Waals surface area contributed by atoms with Crippen molar-refractivity contribution in [2.45, 2.75) is 0 Å². The zero-order chi connectivity index (χ0) is 4.24. The van der Waals surface area contributed by atoms with Crippen LogP contribution >= 0.6 is 0 Å². The molecular weight excluding hydrogens is 78.0 g/mol. The summed E-state index contributed by atoms with van der Waals surface area (Å²) in [5, 5.41) is 2.21. The molecule has 0 saturated carbocycles. The summed E-state index contributed by atoms with van der Waals surface area (Å²) in [7, 11) is 0. The molecule has 1 rings (SSSR count). The Kier molecular flexibility index (Phi) is 1.47. The summed E-state index contributed by atoms with van der Waals surface area (Å²) in [4.78, 5) is 0. The van der Waals surface area contributed by atoms with Gasteiger partial charge in [-0.2, -0.15) is 6.61 Å². The molecule has 0 bridgehead atoms. The maximum atomic E-state index is 4.91. The molecule has 1 heterocycles. The molecule has 0 aromatic carbocycles. The van der Waals surface area contributed by atoms with Gasteiger partial charge in [-0.25, -0.2) is 0 Å². The lowest BCUT2D eigenvalue weighted by Crippen LogP contribution is -2.87. The number of nitrogens with two attached hydrogens (primary N) is 1. The molecule has 0 aliphatic carbocycles. The van der Waals surface area contributed by atoms with Crippen molar-refractivity contribution >= 4 is 0 Å².